The Bertz CT molecular complexity index is 1620. The monoisotopic (exact) mass is 734 g/mol. The number of rotatable bonds is 18. The molecule has 0 fully saturated rings. The number of hydrogen-bond donors (Lipinski definition) is 0. The van der Waals surface area contributed by atoms with Gasteiger partial charge in [0.15, 0.2) is 0 Å². The Hall–Kier alpha value is -2.44. The predicted molar refractivity (Wildman–Crippen MR) is 193 cm³/mol. The fourth-order valence-electron chi connectivity index (χ4n) is 5.08. The summed E-state index contributed by atoms with van der Waals surface area (Å²) in [4.78, 5) is -0.637. The Labute approximate surface area is 322 Å². The molecule has 4 aromatic rings. The first-order valence-corrected chi connectivity index (χ1v) is 19.5. The van der Waals surface area contributed by atoms with Gasteiger partial charge in [-0.3, -0.25) is 0 Å². The van der Waals surface area contributed by atoms with Gasteiger partial charge in [-0.05, 0) is 85.3 Å². The molecule has 0 saturated heterocycles. The summed E-state index contributed by atoms with van der Waals surface area (Å²) in [7, 11) is -9.16. The van der Waals surface area contributed by atoms with Crippen LogP contribution in [0.15, 0.2) is 107 Å². The van der Waals surface area contributed by atoms with E-state index in [-0.39, 0.29) is 59.0 Å². The minimum absolute atomic E-state index is 0. The van der Waals surface area contributed by atoms with Crippen LogP contribution in [0.1, 0.15) is 89.2 Å². The third kappa shape index (κ3) is 16.0. The van der Waals surface area contributed by atoms with Gasteiger partial charge in [0, 0.05) is 0 Å². The van der Waals surface area contributed by atoms with Crippen LogP contribution in [-0.4, -0.2) is 63.7 Å². The van der Waals surface area contributed by atoms with E-state index in [1.54, 1.807) is 72.8 Å². The van der Waals surface area contributed by atoms with Crippen LogP contribution < -0.4 is 9.47 Å². The molecule has 0 aromatic heterocycles. The molecule has 0 aliphatic heterocycles. The Balaban J connectivity index is 0.000000333. The summed E-state index contributed by atoms with van der Waals surface area (Å²) in [5.41, 5.74) is 1.95. The molecule has 0 amide bonds. The van der Waals surface area contributed by atoms with Crippen LogP contribution in [0.25, 0.3) is 0 Å². The summed E-state index contributed by atoms with van der Waals surface area (Å²) < 4.78 is 80.0. The van der Waals surface area contributed by atoms with Crippen molar-refractivity contribution in [1.29, 1.82) is 0 Å². The summed E-state index contributed by atoms with van der Waals surface area (Å²) in [6.45, 7) is 4.35. The van der Waals surface area contributed by atoms with Crippen molar-refractivity contribution in [2.24, 2.45) is 0 Å². The van der Waals surface area contributed by atoms with Crippen molar-refractivity contribution in [1.82, 2.24) is 0 Å². The fraction of sp³-hybridized carbons (Fsp3) is 0.368. The second-order valence-electron chi connectivity index (χ2n) is 11.6. The van der Waals surface area contributed by atoms with Crippen molar-refractivity contribution < 1.29 is 35.4 Å². The maximum atomic E-state index is 11.5. The number of para-hydroxylation sites is 2. The Morgan fingerprint density at radius 2 is 0.837 bits per heavy atom. The molecule has 0 aliphatic carbocycles. The largest absolute Gasteiger partial charge is 2.00 e. The molecule has 260 valence electrons. The van der Waals surface area contributed by atoms with Gasteiger partial charge >= 0.3 is 37.7 Å². The van der Waals surface area contributed by atoms with E-state index in [0.29, 0.717) is 11.5 Å². The topological polar surface area (TPSA) is 133 Å². The van der Waals surface area contributed by atoms with Crippen LogP contribution in [-0.2, 0) is 33.1 Å². The van der Waals surface area contributed by atoms with Crippen LogP contribution in [0.5, 0.6) is 23.0 Å². The third-order valence-electron chi connectivity index (χ3n) is 7.63. The van der Waals surface area contributed by atoms with Gasteiger partial charge in [-0.2, -0.15) is 0 Å². The zero-order chi connectivity index (χ0) is 34.8. The SMILES string of the molecule is CCCCCCCc1ccc(S(=O)(=O)[O-])c(Oc2ccccc2)c1.CCCCCCCc1ccc(S(=O)(=O)[O-])c(Oc2ccccc2)c1.[Ca+2]. The summed E-state index contributed by atoms with van der Waals surface area (Å²) in [5, 5.41) is 0. The maximum Gasteiger partial charge on any atom is 2.00 e. The average Bonchev–Trinajstić information content (AvgIpc) is 3.05. The molecule has 4 rings (SSSR count). The minimum atomic E-state index is -4.58. The van der Waals surface area contributed by atoms with E-state index in [1.165, 1.54) is 50.7 Å². The molecule has 0 spiro atoms. The predicted octanol–water partition coefficient (Wildman–Crippen LogP) is 9.41. The number of benzene rings is 4. The van der Waals surface area contributed by atoms with Crippen molar-refractivity contribution in [2.45, 2.75) is 101 Å². The van der Waals surface area contributed by atoms with E-state index in [2.05, 4.69) is 13.8 Å². The van der Waals surface area contributed by atoms with Crippen LogP contribution in [0.3, 0.4) is 0 Å². The third-order valence-corrected chi connectivity index (χ3v) is 9.39. The van der Waals surface area contributed by atoms with Gasteiger partial charge in [-0.1, -0.05) is 114 Å². The zero-order valence-corrected chi connectivity index (χ0v) is 32.4. The van der Waals surface area contributed by atoms with Crippen LogP contribution in [0, 0.1) is 0 Å². The van der Waals surface area contributed by atoms with Crippen molar-refractivity contribution in [2.75, 3.05) is 0 Å². The van der Waals surface area contributed by atoms with Gasteiger partial charge in [0.25, 0.3) is 0 Å². The van der Waals surface area contributed by atoms with Crippen molar-refractivity contribution in [3.63, 3.8) is 0 Å². The zero-order valence-electron chi connectivity index (χ0n) is 28.5. The molecule has 0 atom stereocenters. The molecule has 11 heteroatoms. The molecule has 0 aliphatic rings. The summed E-state index contributed by atoms with van der Waals surface area (Å²) in [6.07, 6.45) is 13.3. The van der Waals surface area contributed by atoms with Crippen molar-refractivity contribution in [3.05, 3.63) is 108 Å². The standard InChI is InChI=1S/2C19H24O4S.Ca/c2*1-2-3-4-5-7-10-16-13-14-19(24(20,21)22)18(15-16)23-17-11-8-6-9-12-17;/h2*6,8-9,11-15H,2-5,7,10H2,1H3,(H,20,21,22);/q;;+2/p-2. The number of unbranched alkanes of at least 4 members (excludes halogenated alkanes) is 8. The molecule has 8 nitrogen and oxygen atoms in total. The van der Waals surface area contributed by atoms with Crippen LogP contribution in [0.2, 0.25) is 0 Å². The molecule has 0 saturated carbocycles. The normalized spacial score (nSPS) is 11.2. The Kier molecular flexibility index (Phi) is 19.5. The van der Waals surface area contributed by atoms with Crippen molar-refractivity contribution >= 4 is 58.0 Å². The van der Waals surface area contributed by atoms with Gasteiger partial charge < -0.3 is 18.6 Å². The van der Waals surface area contributed by atoms with Gasteiger partial charge in [-0.15, -0.1) is 0 Å². The quantitative estimate of drug-likeness (QED) is 0.0561. The van der Waals surface area contributed by atoms with E-state index >= 15 is 0 Å². The average molecular weight is 735 g/mol. The van der Waals surface area contributed by atoms with Gasteiger partial charge in [-0.25, -0.2) is 16.8 Å². The van der Waals surface area contributed by atoms with E-state index in [0.717, 1.165) is 49.7 Å². The first kappa shape index (κ1) is 42.7. The summed E-state index contributed by atoms with van der Waals surface area (Å²) in [5.74, 6) is 1.20. The number of ether oxygens (including phenoxy) is 2. The second kappa shape index (κ2) is 22.4. The first-order chi connectivity index (χ1) is 23.0. The van der Waals surface area contributed by atoms with Gasteiger partial charge in [0.05, 0.1) is 9.79 Å². The van der Waals surface area contributed by atoms with Crippen molar-refractivity contribution in [3.8, 4) is 23.0 Å². The molecular weight excluding hydrogens is 689 g/mol. The smallest absolute Gasteiger partial charge is 0.744 e. The van der Waals surface area contributed by atoms with Gasteiger partial charge in [0.1, 0.15) is 43.2 Å². The van der Waals surface area contributed by atoms with Crippen LogP contribution >= 0.6 is 0 Å². The number of aryl methyl sites for hydroxylation is 2. The molecule has 49 heavy (non-hydrogen) atoms. The Morgan fingerprint density at radius 3 is 1.16 bits per heavy atom. The fourth-order valence-corrected chi connectivity index (χ4v) is 6.25. The van der Waals surface area contributed by atoms with E-state index in [4.69, 9.17) is 9.47 Å². The van der Waals surface area contributed by atoms with E-state index < -0.39 is 20.2 Å². The second-order valence-corrected chi connectivity index (χ2v) is 14.3. The van der Waals surface area contributed by atoms with Crippen LogP contribution in [0.4, 0.5) is 0 Å². The molecule has 0 radical (unpaired) electrons. The van der Waals surface area contributed by atoms with E-state index in [9.17, 15) is 25.9 Å². The molecule has 0 heterocycles. The Morgan fingerprint density at radius 1 is 0.490 bits per heavy atom. The first-order valence-electron chi connectivity index (χ1n) is 16.6. The summed E-state index contributed by atoms with van der Waals surface area (Å²) in [6, 6.07) is 27.1. The number of hydrogen-bond acceptors (Lipinski definition) is 8. The molecule has 0 unspecified atom stereocenters. The minimum Gasteiger partial charge on any atom is -0.744 e. The molecular formula is C38H46CaO8S2. The maximum absolute atomic E-state index is 11.5. The molecule has 0 bridgehead atoms. The molecule has 0 N–H and O–H groups in total. The van der Waals surface area contributed by atoms with E-state index in [1.807, 2.05) is 12.1 Å². The molecule has 4 aromatic carbocycles. The van der Waals surface area contributed by atoms with Gasteiger partial charge in [0.2, 0.25) is 0 Å². The summed E-state index contributed by atoms with van der Waals surface area (Å²) >= 11 is 0.